The summed E-state index contributed by atoms with van der Waals surface area (Å²) >= 11 is 0. The minimum Gasteiger partial charge on any atom is -0.493 e. The molecule has 0 spiro atoms. The molecule has 0 saturated carbocycles. The van der Waals surface area contributed by atoms with Crippen LogP contribution in [0.1, 0.15) is 67.7 Å². The molecular formula is C31H31F4N7O3. The number of hydrogen-bond acceptors (Lipinski definition) is 7. The zero-order valence-electron chi connectivity index (χ0n) is 24.8. The second-order valence-corrected chi connectivity index (χ2v) is 12.0. The number of amides is 2. The fourth-order valence-electron chi connectivity index (χ4n) is 6.39. The summed E-state index contributed by atoms with van der Waals surface area (Å²) in [7, 11) is 0. The van der Waals surface area contributed by atoms with Crippen LogP contribution in [0, 0.1) is 11.2 Å². The number of carbonyl (C=O) groups excluding carboxylic acids is 2. The summed E-state index contributed by atoms with van der Waals surface area (Å²) in [5.74, 6) is -1.51. The van der Waals surface area contributed by atoms with Crippen LogP contribution in [0.15, 0.2) is 42.9 Å². The number of ether oxygens (including phenoxy) is 1. The molecule has 14 heteroatoms. The highest BCUT2D eigenvalue weighted by molar-refractivity contribution is 6.05. The molecule has 2 atom stereocenters. The van der Waals surface area contributed by atoms with Gasteiger partial charge in [0.25, 0.3) is 5.91 Å². The summed E-state index contributed by atoms with van der Waals surface area (Å²) in [5.41, 5.74) is 5.11. The summed E-state index contributed by atoms with van der Waals surface area (Å²) in [6.45, 7) is 6.15. The number of nitrogens with two attached hydrogens (primary N) is 1. The number of nitrogens with zero attached hydrogens (tertiary/aromatic N) is 5. The fourth-order valence-corrected chi connectivity index (χ4v) is 6.39. The molecule has 10 nitrogen and oxygen atoms in total. The SMILES string of the molecule is CCOc1cc(C(=O)Nc2cc(C(F)(F)F)ccn2)cc(F)c1-c1nc([C@@H]2CC[C@H]3CC(C)(C)C(=O)N3C2)n2ccnc(N)c12. The van der Waals surface area contributed by atoms with Crippen molar-refractivity contribution in [1.82, 2.24) is 24.3 Å². The Hall–Kier alpha value is -4.75. The monoisotopic (exact) mass is 625 g/mol. The molecule has 1 aromatic carbocycles. The zero-order chi connectivity index (χ0) is 32.3. The van der Waals surface area contributed by atoms with Crippen molar-refractivity contribution >= 4 is 29.0 Å². The predicted octanol–water partition coefficient (Wildman–Crippen LogP) is 5.69. The number of hydrogen-bond donors (Lipinski definition) is 2. The van der Waals surface area contributed by atoms with Crippen molar-refractivity contribution < 1.29 is 31.9 Å². The molecule has 3 aromatic heterocycles. The number of nitrogen functional groups attached to an aromatic ring is 1. The third-order valence-corrected chi connectivity index (χ3v) is 8.45. The van der Waals surface area contributed by atoms with Crippen LogP contribution in [0.5, 0.6) is 5.75 Å². The predicted molar refractivity (Wildman–Crippen MR) is 157 cm³/mol. The molecule has 4 aromatic rings. The van der Waals surface area contributed by atoms with Crippen LogP contribution < -0.4 is 15.8 Å². The molecule has 2 aliphatic rings. The highest BCUT2D eigenvalue weighted by atomic mass is 19.4. The fraction of sp³-hybridized carbons (Fsp3) is 0.387. The number of nitrogens with one attached hydrogen (secondary N) is 1. The van der Waals surface area contributed by atoms with Gasteiger partial charge in [-0.15, -0.1) is 0 Å². The number of piperidine rings is 1. The Balaban J connectivity index is 1.39. The van der Waals surface area contributed by atoms with Crippen LogP contribution >= 0.6 is 0 Å². The number of anilines is 2. The van der Waals surface area contributed by atoms with Crippen molar-refractivity contribution in [3.05, 3.63) is 65.6 Å². The van der Waals surface area contributed by atoms with Crippen molar-refractivity contribution in [2.45, 2.75) is 58.2 Å². The molecule has 0 bridgehead atoms. The van der Waals surface area contributed by atoms with Crippen LogP contribution in [0.4, 0.5) is 29.2 Å². The second-order valence-electron chi connectivity index (χ2n) is 12.0. The Morgan fingerprint density at radius 1 is 1.18 bits per heavy atom. The van der Waals surface area contributed by atoms with Gasteiger partial charge in [-0.25, -0.2) is 19.3 Å². The normalized spacial score (nSPS) is 19.5. The molecule has 0 radical (unpaired) electrons. The van der Waals surface area contributed by atoms with Crippen LogP contribution in [-0.4, -0.2) is 55.3 Å². The lowest BCUT2D eigenvalue weighted by Gasteiger charge is -2.34. The molecule has 2 fully saturated rings. The van der Waals surface area contributed by atoms with E-state index in [2.05, 4.69) is 15.3 Å². The van der Waals surface area contributed by atoms with E-state index in [1.807, 2.05) is 18.7 Å². The second kappa shape index (κ2) is 11.0. The summed E-state index contributed by atoms with van der Waals surface area (Å²) in [6, 6.07) is 3.86. The maximum Gasteiger partial charge on any atom is 0.416 e. The van der Waals surface area contributed by atoms with Gasteiger partial charge in [0.1, 0.15) is 40.2 Å². The average molecular weight is 626 g/mol. The lowest BCUT2D eigenvalue weighted by atomic mass is 9.87. The smallest absolute Gasteiger partial charge is 0.416 e. The van der Waals surface area contributed by atoms with E-state index in [-0.39, 0.29) is 58.7 Å². The van der Waals surface area contributed by atoms with Crippen LogP contribution in [0.2, 0.25) is 0 Å². The first-order chi connectivity index (χ1) is 21.3. The maximum absolute atomic E-state index is 16.1. The minimum atomic E-state index is -4.64. The number of fused-ring (bicyclic) bond motifs is 2. The van der Waals surface area contributed by atoms with Crippen LogP contribution in [0.25, 0.3) is 16.8 Å². The van der Waals surface area contributed by atoms with Crippen molar-refractivity contribution in [2.75, 3.05) is 24.2 Å². The highest BCUT2D eigenvalue weighted by Gasteiger charge is 2.48. The summed E-state index contributed by atoms with van der Waals surface area (Å²) in [5, 5.41) is 2.29. The molecule has 2 amide bonds. The van der Waals surface area contributed by atoms with Gasteiger partial charge in [0, 0.05) is 48.1 Å². The molecule has 45 heavy (non-hydrogen) atoms. The lowest BCUT2D eigenvalue weighted by Crippen LogP contribution is -2.42. The van der Waals surface area contributed by atoms with Gasteiger partial charge in [0.2, 0.25) is 5.91 Å². The Kier molecular flexibility index (Phi) is 7.40. The molecule has 0 unspecified atom stereocenters. The molecular weight excluding hydrogens is 594 g/mol. The van der Waals surface area contributed by atoms with Crippen LogP contribution in [0.3, 0.4) is 0 Å². The number of halogens is 4. The lowest BCUT2D eigenvalue weighted by molar-refractivity contribution is -0.138. The van der Waals surface area contributed by atoms with Gasteiger partial charge in [-0.2, -0.15) is 13.2 Å². The van der Waals surface area contributed by atoms with E-state index in [1.54, 1.807) is 17.5 Å². The van der Waals surface area contributed by atoms with Gasteiger partial charge < -0.3 is 20.7 Å². The van der Waals surface area contributed by atoms with Crippen molar-refractivity contribution in [3.63, 3.8) is 0 Å². The number of alkyl halides is 3. The molecule has 2 saturated heterocycles. The van der Waals surface area contributed by atoms with Gasteiger partial charge in [-0.1, -0.05) is 13.8 Å². The largest absolute Gasteiger partial charge is 0.493 e. The van der Waals surface area contributed by atoms with Crippen molar-refractivity contribution in [2.24, 2.45) is 5.41 Å². The van der Waals surface area contributed by atoms with E-state index >= 15 is 4.39 Å². The Morgan fingerprint density at radius 2 is 1.96 bits per heavy atom. The molecule has 5 heterocycles. The van der Waals surface area contributed by atoms with Gasteiger partial charge in [0.05, 0.1) is 17.7 Å². The third-order valence-electron chi connectivity index (χ3n) is 8.45. The summed E-state index contributed by atoms with van der Waals surface area (Å²) < 4.78 is 63.0. The first-order valence-corrected chi connectivity index (χ1v) is 14.5. The van der Waals surface area contributed by atoms with E-state index in [4.69, 9.17) is 15.5 Å². The van der Waals surface area contributed by atoms with E-state index in [0.29, 0.717) is 24.0 Å². The van der Waals surface area contributed by atoms with Gasteiger partial charge in [-0.3, -0.25) is 14.0 Å². The summed E-state index contributed by atoms with van der Waals surface area (Å²) in [4.78, 5) is 40.9. The molecule has 3 N–H and O–H groups in total. The van der Waals surface area contributed by atoms with E-state index < -0.39 is 28.9 Å². The minimum absolute atomic E-state index is 0.0189. The van der Waals surface area contributed by atoms with Crippen molar-refractivity contribution in [1.29, 1.82) is 0 Å². The van der Waals surface area contributed by atoms with E-state index in [0.717, 1.165) is 37.6 Å². The number of benzene rings is 1. The van der Waals surface area contributed by atoms with Gasteiger partial charge >= 0.3 is 6.18 Å². The molecule has 2 aliphatic heterocycles. The standard InChI is InChI=1S/C31H31F4N7O3/c1-4-45-21-12-17(28(43)39-22-13-18(7-8-37-22)31(33,34)35)11-20(32)23(21)24-25-26(36)38-9-10-41(25)27(40-24)16-5-6-19-14-30(2,3)29(44)42(19)15-16/h7-13,16,19H,4-6,14-15H2,1-3H3,(H2,36,38)(H,37,39,43)/t16-,19+/m1/s1. The molecule has 236 valence electrons. The Labute approximate surface area is 255 Å². The number of imidazole rings is 1. The maximum atomic E-state index is 16.1. The Morgan fingerprint density at radius 3 is 2.69 bits per heavy atom. The van der Waals surface area contributed by atoms with Gasteiger partial charge in [0.15, 0.2) is 0 Å². The van der Waals surface area contributed by atoms with Crippen LogP contribution in [-0.2, 0) is 11.0 Å². The number of rotatable bonds is 6. The van der Waals surface area contributed by atoms with E-state index in [1.165, 1.54) is 12.3 Å². The average Bonchev–Trinajstić information content (AvgIpc) is 3.47. The number of pyridine rings is 1. The first kappa shape index (κ1) is 30.3. The van der Waals surface area contributed by atoms with Crippen molar-refractivity contribution in [3.8, 4) is 17.0 Å². The van der Waals surface area contributed by atoms with Gasteiger partial charge in [-0.05, 0) is 50.5 Å². The summed E-state index contributed by atoms with van der Waals surface area (Å²) in [6.07, 6.45) is 1.82. The molecule has 6 rings (SSSR count). The van der Waals surface area contributed by atoms with E-state index in [9.17, 15) is 22.8 Å². The quantitative estimate of drug-likeness (QED) is 0.264. The number of carbonyl (C=O) groups is 2. The first-order valence-electron chi connectivity index (χ1n) is 14.5. The Bertz CT molecular complexity index is 1820. The highest BCUT2D eigenvalue weighted by Crippen LogP contribution is 2.45. The molecule has 0 aliphatic carbocycles. The zero-order valence-corrected chi connectivity index (χ0v) is 24.8. The topological polar surface area (TPSA) is 128 Å². The number of aromatic nitrogens is 4. The third kappa shape index (κ3) is 5.42.